The highest BCUT2D eigenvalue weighted by atomic mass is 16.1. The maximum absolute atomic E-state index is 11.6. The Morgan fingerprint density at radius 1 is 1.67 bits per heavy atom. The minimum atomic E-state index is 0.0742. The number of carbonyl (C=O) groups is 1. The van der Waals surface area contributed by atoms with Crippen molar-refractivity contribution in [3.05, 3.63) is 12.4 Å². The number of H-pyrrole nitrogens is 1. The molecule has 0 radical (unpaired) electrons. The first-order valence-corrected chi connectivity index (χ1v) is 5.34. The molecule has 0 aromatic carbocycles. The number of aromatic nitrogens is 2. The Morgan fingerprint density at radius 3 is 3.27 bits per heavy atom. The summed E-state index contributed by atoms with van der Waals surface area (Å²) in [5.74, 6) is 0.552. The molecule has 0 spiro atoms. The van der Waals surface area contributed by atoms with Crippen molar-refractivity contribution >= 4 is 11.6 Å². The number of hydrogen-bond acceptors (Lipinski definition) is 3. The highest BCUT2D eigenvalue weighted by molar-refractivity contribution is 5.90. The molecule has 0 bridgehead atoms. The van der Waals surface area contributed by atoms with E-state index >= 15 is 0 Å². The Kier molecular flexibility index (Phi) is 3.34. The van der Waals surface area contributed by atoms with Crippen LogP contribution in [0, 0.1) is 5.92 Å². The van der Waals surface area contributed by atoms with Crippen LogP contribution in [0.15, 0.2) is 12.4 Å². The zero-order valence-corrected chi connectivity index (χ0v) is 8.62. The third kappa shape index (κ3) is 3.06. The second-order valence-corrected chi connectivity index (χ2v) is 3.95. The second-order valence-electron chi connectivity index (χ2n) is 3.95. The van der Waals surface area contributed by atoms with E-state index in [0.29, 0.717) is 12.3 Å². The van der Waals surface area contributed by atoms with E-state index in [0.717, 1.165) is 25.2 Å². The molecule has 1 unspecified atom stereocenters. The van der Waals surface area contributed by atoms with Gasteiger partial charge in [-0.2, -0.15) is 5.10 Å². The van der Waals surface area contributed by atoms with Gasteiger partial charge >= 0.3 is 0 Å². The first-order chi connectivity index (χ1) is 7.34. The van der Waals surface area contributed by atoms with Gasteiger partial charge in [0.15, 0.2) is 0 Å². The minimum absolute atomic E-state index is 0.0742. The Labute approximate surface area is 88.6 Å². The maximum Gasteiger partial charge on any atom is 0.224 e. The molecule has 1 aliphatic heterocycles. The summed E-state index contributed by atoms with van der Waals surface area (Å²) in [6.07, 6.45) is 6.20. The third-order valence-electron chi connectivity index (χ3n) is 2.65. The van der Waals surface area contributed by atoms with Crippen LogP contribution in [-0.4, -0.2) is 29.2 Å². The Hall–Kier alpha value is -1.36. The smallest absolute Gasteiger partial charge is 0.224 e. The summed E-state index contributed by atoms with van der Waals surface area (Å²) >= 11 is 0. The third-order valence-corrected chi connectivity index (χ3v) is 2.65. The van der Waals surface area contributed by atoms with Gasteiger partial charge in [-0.25, -0.2) is 0 Å². The van der Waals surface area contributed by atoms with Crippen LogP contribution in [-0.2, 0) is 4.79 Å². The minimum Gasteiger partial charge on any atom is -0.323 e. The van der Waals surface area contributed by atoms with Crippen LogP contribution in [0.5, 0.6) is 0 Å². The number of piperidine rings is 1. The van der Waals surface area contributed by atoms with Gasteiger partial charge in [-0.15, -0.1) is 0 Å². The standard InChI is InChI=1S/C10H16N4O/c15-10(14-9-6-12-13-7-9)4-8-2-1-3-11-5-8/h6-8,11H,1-5H2,(H,12,13)(H,14,15). The predicted octanol–water partition coefficient (Wildman–Crippen LogP) is 0.738. The average Bonchev–Trinajstić information content (AvgIpc) is 2.71. The lowest BCUT2D eigenvalue weighted by atomic mass is 9.96. The second kappa shape index (κ2) is 4.93. The number of rotatable bonds is 3. The van der Waals surface area contributed by atoms with Gasteiger partial charge in [0.05, 0.1) is 11.9 Å². The molecule has 1 aromatic heterocycles. The SMILES string of the molecule is O=C(CC1CCCNC1)Nc1cn[nH]c1. The summed E-state index contributed by atoms with van der Waals surface area (Å²) in [5.41, 5.74) is 0.740. The van der Waals surface area contributed by atoms with Crippen molar-refractivity contribution in [2.75, 3.05) is 18.4 Å². The Morgan fingerprint density at radius 2 is 2.60 bits per heavy atom. The van der Waals surface area contributed by atoms with Gasteiger partial charge in [0.25, 0.3) is 0 Å². The van der Waals surface area contributed by atoms with Crippen LogP contribution < -0.4 is 10.6 Å². The van der Waals surface area contributed by atoms with Gasteiger partial charge < -0.3 is 10.6 Å². The summed E-state index contributed by atoms with van der Waals surface area (Å²) < 4.78 is 0. The molecule has 1 saturated heterocycles. The van der Waals surface area contributed by atoms with Crippen LogP contribution >= 0.6 is 0 Å². The zero-order valence-electron chi connectivity index (χ0n) is 8.62. The summed E-state index contributed by atoms with van der Waals surface area (Å²) in [7, 11) is 0. The van der Waals surface area contributed by atoms with Gasteiger partial charge in [0, 0.05) is 12.6 Å². The van der Waals surface area contributed by atoms with E-state index in [1.807, 2.05) is 0 Å². The van der Waals surface area contributed by atoms with Gasteiger partial charge in [-0.05, 0) is 31.8 Å². The highest BCUT2D eigenvalue weighted by Crippen LogP contribution is 2.14. The zero-order chi connectivity index (χ0) is 10.5. The number of anilines is 1. The van der Waals surface area contributed by atoms with Gasteiger partial charge in [-0.1, -0.05) is 0 Å². The molecule has 1 aromatic rings. The molecule has 5 heteroatoms. The van der Waals surface area contributed by atoms with E-state index in [1.165, 1.54) is 6.42 Å². The lowest BCUT2D eigenvalue weighted by Crippen LogP contribution is -2.32. The first-order valence-electron chi connectivity index (χ1n) is 5.34. The molecule has 5 nitrogen and oxygen atoms in total. The van der Waals surface area contributed by atoms with E-state index in [-0.39, 0.29) is 5.91 Å². The Balaban J connectivity index is 1.76. The molecule has 1 atom stereocenters. The number of hydrogen-bond donors (Lipinski definition) is 3. The normalized spacial score (nSPS) is 21.2. The van der Waals surface area contributed by atoms with Crippen molar-refractivity contribution in [2.24, 2.45) is 5.92 Å². The van der Waals surface area contributed by atoms with E-state index in [9.17, 15) is 4.79 Å². The number of nitrogens with zero attached hydrogens (tertiary/aromatic N) is 1. The number of carbonyl (C=O) groups excluding carboxylic acids is 1. The molecule has 1 amide bonds. The molecule has 1 aliphatic rings. The molecule has 0 saturated carbocycles. The maximum atomic E-state index is 11.6. The fourth-order valence-electron chi connectivity index (χ4n) is 1.89. The van der Waals surface area contributed by atoms with E-state index in [2.05, 4.69) is 20.8 Å². The molecule has 82 valence electrons. The summed E-state index contributed by atoms with van der Waals surface area (Å²) in [6.45, 7) is 2.04. The molecule has 15 heavy (non-hydrogen) atoms. The molecule has 0 aliphatic carbocycles. The van der Waals surface area contributed by atoms with Crippen LogP contribution in [0.2, 0.25) is 0 Å². The predicted molar refractivity (Wildman–Crippen MR) is 57.4 cm³/mol. The van der Waals surface area contributed by atoms with Crippen LogP contribution in [0.25, 0.3) is 0 Å². The number of aromatic amines is 1. The first kappa shape index (κ1) is 10.2. The molecular formula is C10H16N4O. The monoisotopic (exact) mass is 208 g/mol. The lowest BCUT2D eigenvalue weighted by molar-refractivity contribution is -0.117. The van der Waals surface area contributed by atoms with Crippen molar-refractivity contribution < 1.29 is 4.79 Å². The number of amides is 1. The molecule has 2 rings (SSSR count). The molecule has 3 N–H and O–H groups in total. The average molecular weight is 208 g/mol. The lowest BCUT2D eigenvalue weighted by Gasteiger charge is -2.21. The summed E-state index contributed by atoms with van der Waals surface area (Å²) in [4.78, 5) is 11.6. The number of nitrogens with one attached hydrogen (secondary N) is 3. The van der Waals surface area contributed by atoms with Crippen LogP contribution in [0.3, 0.4) is 0 Å². The van der Waals surface area contributed by atoms with Crippen molar-refractivity contribution in [1.82, 2.24) is 15.5 Å². The van der Waals surface area contributed by atoms with E-state index in [1.54, 1.807) is 12.4 Å². The quantitative estimate of drug-likeness (QED) is 0.686. The fraction of sp³-hybridized carbons (Fsp3) is 0.600. The van der Waals surface area contributed by atoms with Gasteiger partial charge in [0.2, 0.25) is 5.91 Å². The Bertz CT molecular complexity index is 303. The topological polar surface area (TPSA) is 69.8 Å². The summed E-state index contributed by atoms with van der Waals surface area (Å²) in [6, 6.07) is 0. The molecule has 1 fully saturated rings. The van der Waals surface area contributed by atoms with Gasteiger partial charge in [0.1, 0.15) is 0 Å². The van der Waals surface area contributed by atoms with Crippen LogP contribution in [0.1, 0.15) is 19.3 Å². The van der Waals surface area contributed by atoms with E-state index in [4.69, 9.17) is 0 Å². The highest BCUT2D eigenvalue weighted by Gasteiger charge is 2.16. The van der Waals surface area contributed by atoms with E-state index < -0.39 is 0 Å². The molecular weight excluding hydrogens is 192 g/mol. The summed E-state index contributed by atoms with van der Waals surface area (Å²) in [5, 5.41) is 12.5. The van der Waals surface area contributed by atoms with Crippen molar-refractivity contribution in [3.8, 4) is 0 Å². The van der Waals surface area contributed by atoms with Crippen LogP contribution in [0.4, 0.5) is 5.69 Å². The van der Waals surface area contributed by atoms with Crippen molar-refractivity contribution in [1.29, 1.82) is 0 Å². The fourth-order valence-corrected chi connectivity index (χ4v) is 1.89. The van der Waals surface area contributed by atoms with Crippen molar-refractivity contribution in [3.63, 3.8) is 0 Å². The van der Waals surface area contributed by atoms with Gasteiger partial charge in [-0.3, -0.25) is 9.89 Å². The molecule has 2 heterocycles. The van der Waals surface area contributed by atoms with Crippen molar-refractivity contribution in [2.45, 2.75) is 19.3 Å². The largest absolute Gasteiger partial charge is 0.323 e.